The van der Waals surface area contributed by atoms with E-state index in [1.807, 2.05) is 0 Å². The third-order valence-electron chi connectivity index (χ3n) is 2.58. The molecule has 0 aliphatic heterocycles. The van der Waals surface area contributed by atoms with E-state index in [-0.39, 0.29) is 18.9 Å². The first-order valence-electron chi connectivity index (χ1n) is 5.33. The van der Waals surface area contributed by atoms with Gasteiger partial charge in [0.25, 0.3) is 0 Å². The van der Waals surface area contributed by atoms with E-state index in [0.717, 1.165) is 4.90 Å². The number of nitrogens with zero attached hydrogens (tertiary/aromatic N) is 2. The Morgan fingerprint density at radius 3 is 2.50 bits per heavy atom. The molecule has 0 radical (unpaired) electrons. The number of aryl methyl sites for hydroxylation is 2. The molecule has 1 amide bonds. The summed E-state index contributed by atoms with van der Waals surface area (Å²) in [5, 5.41) is 8.59. The Hall–Kier alpha value is -2.18. The predicted octanol–water partition coefficient (Wildman–Crippen LogP) is -0.528. The fourth-order valence-electron chi connectivity index (χ4n) is 1.59. The van der Waals surface area contributed by atoms with E-state index >= 15 is 0 Å². The lowest BCUT2D eigenvalue weighted by molar-refractivity contribution is -0.143. The second-order valence-electron chi connectivity index (χ2n) is 4.05. The van der Waals surface area contributed by atoms with Gasteiger partial charge in [0.05, 0.1) is 6.42 Å². The molecule has 0 unspecified atom stereocenters. The van der Waals surface area contributed by atoms with E-state index in [4.69, 9.17) is 5.11 Å². The summed E-state index contributed by atoms with van der Waals surface area (Å²) in [5.41, 5.74) is 1.22. The summed E-state index contributed by atoms with van der Waals surface area (Å²) >= 11 is 0. The van der Waals surface area contributed by atoms with Crippen LogP contribution in [0.3, 0.4) is 0 Å². The molecule has 1 heterocycles. The Kier molecular flexibility index (Phi) is 4.19. The molecule has 1 aromatic heterocycles. The number of carboxylic acid groups (broad SMARTS) is 1. The van der Waals surface area contributed by atoms with Gasteiger partial charge >= 0.3 is 11.7 Å². The Labute approximate surface area is 103 Å². The van der Waals surface area contributed by atoms with Crippen molar-refractivity contribution >= 4 is 11.9 Å². The fraction of sp³-hybridized carbons (Fsp3) is 0.455. The third kappa shape index (κ3) is 3.41. The lowest BCUT2D eigenvalue weighted by Crippen LogP contribution is -2.33. The summed E-state index contributed by atoms with van der Waals surface area (Å²) in [5.74, 6) is -1.41. The molecular weight excluding hydrogens is 238 g/mol. The van der Waals surface area contributed by atoms with Crippen LogP contribution in [-0.2, 0) is 16.0 Å². The predicted molar refractivity (Wildman–Crippen MR) is 63.3 cm³/mol. The summed E-state index contributed by atoms with van der Waals surface area (Å²) < 4.78 is 0. The zero-order valence-electron chi connectivity index (χ0n) is 10.5. The number of hydrogen-bond acceptors (Lipinski definition) is 4. The van der Waals surface area contributed by atoms with Gasteiger partial charge in [0.2, 0.25) is 5.91 Å². The van der Waals surface area contributed by atoms with Crippen LogP contribution in [0.2, 0.25) is 0 Å². The normalized spacial score (nSPS) is 10.2. The Morgan fingerprint density at radius 1 is 1.39 bits per heavy atom. The standard InChI is InChI=1S/C11H15N3O4/c1-6-8(7(2)13-11(18)12-6)4-9(15)14(3)5-10(16)17/h4-5H2,1-3H3,(H,16,17)(H,12,13,18). The monoisotopic (exact) mass is 253 g/mol. The van der Waals surface area contributed by atoms with E-state index in [1.165, 1.54) is 7.05 Å². The second-order valence-corrected chi connectivity index (χ2v) is 4.05. The van der Waals surface area contributed by atoms with Crippen LogP contribution in [-0.4, -0.2) is 45.4 Å². The Morgan fingerprint density at radius 2 is 2.00 bits per heavy atom. The SMILES string of the molecule is Cc1nc(=O)[nH]c(C)c1CC(=O)N(C)CC(=O)O. The number of nitrogens with one attached hydrogen (secondary N) is 1. The Balaban J connectivity index is 2.88. The fourth-order valence-corrected chi connectivity index (χ4v) is 1.59. The van der Waals surface area contributed by atoms with Gasteiger partial charge in [-0.1, -0.05) is 0 Å². The van der Waals surface area contributed by atoms with Crippen molar-refractivity contribution in [2.75, 3.05) is 13.6 Å². The molecule has 7 nitrogen and oxygen atoms in total. The number of hydrogen-bond donors (Lipinski definition) is 2. The minimum Gasteiger partial charge on any atom is -0.480 e. The summed E-state index contributed by atoms with van der Waals surface area (Å²) in [6, 6.07) is 0. The van der Waals surface area contributed by atoms with E-state index in [0.29, 0.717) is 17.0 Å². The van der Waals surface area contributed by atoms with Gasteiger partial charge < -0.3 is 15.0 Å². The first-order chi connectivity index (χ1) is 8.31. The summed E-state index contributed by atoms with van der Waals surface area (Å²) in [6.45, 7) is 2.96. The smallest absolute Gasteiger partial charge is 0.345 e. The van der Waals surface area contributed by atoms with Crippen molar-refractivity contribution in [3.8, 4) is 0 Å². The van der Waals surface area contributed by atoms with Gasteiger partial charge in [-0.3, -0.25) is 9.59 Å². The highest BCUT2D eigenvalue weighted by atomic mass is 16.4. The molecule has 18 heavy (non-hydrogen) atoms. The maximum Gasteiger partial charge on any atom is 0.345 e. The van der Waals surface area contributed by atoms with Gasteiger partial charge in [0, 0.05) is 24.0 Å². The van der Waals surface area contributed by atoms with Gasteiger partial charge in [-0.15, -0.1) is 0 Å². The number of carbonyl (C=O) groups is 2. The van der Waals surface area contributed by atoms with Crippen molar-refractivity contribution in [2.24, 2.45) is 0 Å². The highest BCUT2D eigenvalue weighted by Crippen LogP contribution is 2.08. The largest absolute Gasteiger partial charge is 0.480 e. The molecule has 0 spiro atoms. The van der Waals surface area contributed by atoms with Crippen molar-refractivity contribution in [3.05, 3.63) is 27.4 Å². The third-order valence-corrected chi connectivity index (χ3v) is 2.58. The molecule has 0 atom stereocenters. The van der Waals surface area contributed by atoms with Gasteiger partial charge in [-0.2, -0.15) is 4.98 Å². The molecule has 2 N–H and O–H groups in total. The van der Waals surface area contributed by atoms with E-state index in [9.17, 15) is 14.4 Å². The first kappa shape index (κ1) is 13.9. The number of carboxylic acids is 1. The van der Waals surface area contributed by atoms with Gasteiger partial charge in [0.1, 0.15) is 6.54 Å². The number of H-pyrrole nitrogens is 1. The topological polar surface area (TPSA) is 103 Å². The van der Waals surface area contributed by atoms with Crippen molar-refractivity contribution in [1.82, 2.24) is 14.9 Å². The Bertz CT molecular complexity index is 509. The first-order valence-corrected chi connectivity index (χ1v) is 5.33. The molecule has 7 heteroatoms. The van der Waals surface area contributed by atoms with Crippen LogP contribution in [0.5, 0.6) is 0 Å². The highest BCUT2D eigenvalue weighted by molar-refractivity contribution is 5.83. The van der Waals surface area contributed by atoms with E-state index in [1.54, 1.807) is 13.8 Å². The van der Waals surface area contributed by atoms with Crippen LogP contribution in [0.15, 0.2) is 4.79 Å². The van der Waals surface area contributed by atoms with Gasteiger partial charge in [-0.05, 0) is 13.8 Å². The molecule has 0 aliphatic carbocycles. The summed E-state index contributed by atoms with van der Waals surface area (Å²) in [4.78, 5) is 40.7. The molecule has 0 bridgehead atoms. The van der Waals surface area contributed by atoms with E-state index < -0.39 is 11.7 Å². The number of carbonyl (C=O) groups excluding carboxylic acids is 1. The zero-order valence-corrected chi connectivity index (χ0v) is 10.5. The second kappa shape index (κ2) is 5.44. The average molecular weight is 253 g/mol. The molecule has 98 valence electrons. The van der Waals surface area contributed by atoms with Crippen molar-refractivity contribution in [2.45, 2.75) is 20.3 Å². The highest BCUT2D eigenvalue weighted by Gasteiger charge is 2.16. The minimum absolute atomic E-state index is 0.0191. The molecule has 0 fully saturated rings. The van der Waals surface area contributed by atoms with Gasteiger partial charge in [-0.25, -0.2) is 4.79 Å². The maximum absolute atomic E-state index is 11.8. The summed E-state index contributed by atoms with van der Waals surface area (Å²) in [6.07, 6.45) is 0.0191. The van der Waals surface area contributed by atoms with Crippen LogP contribution in [0, 0.1) is 13.8 Å². The zero-order chi connectivity index (χ0) is 13.9. The number of amides is 1. The van der Waals surface area contributed by atoms with Crippen LogP contribution in [0.4, 0.5) is 0 Å². The molecule has 0 saturated carbocycles. The van der Waals surface area contributed by atoms with Crippen molar-refractivity contribution < 1.29 is 14.7 Å². The van der Waals surface area contributed by atoms with E-state index in [2.05, 4.69) is 9.97 Å². The summed E-state index contributed by atoms with van der Waals surface area (Å²) in [7, 11) is 1.42. The molecular formula is C11H15N3O4. The lowest BCUT2D eigenvalue weighted by atomic mass is 10.1. The number of aromatic nitrogens is 2. The van der Waals surface area contributed by atoms with Crippen molar-refractivity contribution in [3.63, 3.8) is 0 Å². The van der Waals surface area contributed by atoms with Crippen LogP contribution in [0.25, 0.3) is 0 Å². The number of aliphatic carboxylic acids is 1. The lowest BCUT2D eigenvalue weighted by Gasteiger charge is -2.15. The molecule has 1 rings (SSSR count). The van der Waals surface area contributed by atoms with Crippen LogP contribution < -0.4 is 5.69 Å². The number of aromatic amines is 1. The van der Waals surface area contributed by atoms with Crippen LogP contribution >= 0.6 is 0 Å². The maximum atomic E-state index is 11.8. The molecule has 0 aromatic carbocycles. The van der Waals surface area contributed by atoms with Gasteiger partial charge in [0.15, 0.2) is 0 Å². The van der Waals surface area contributed by atoms with Crippen molar-refractivity contribution in [1.29, 1.82) is 0 Å². The minimum atomic E-state index is -1.07. The quantitative estimate of drug-likeness (QED) is 0.751. The average Bonchev–Trinajstić information content (AvgIpc) is 2.21. The van der Waals surface area contributed by atoms with Crippen LogP contribution in [0.1, 0.15) is 17.0 Å². The molecule has 0 saturated heterocycles. The number of likely N-dealkylation sites (N-methyl/N-ethyl adjacent to an activating group) is 1. The number of rotatable bonds is 4. The molecule has 0 aliphatic rings. The molecule has 1 aromatic rings.